The Hall–Kier alpha value is -2.91. The smallest absolute Gasteiger partial charge is 0.240 e. The summed E-state index contributed by atoms with van der Waals surface area (Å²) in [5.41, 5.74) is 2.43. The fourth-order valence-electron chi connectivity index (χ4n) is 3.39. The van der Waals surface area contributed by atoms with Crippen LogP contribution in [0.3, 0.4) is 0 Å². The molecule has 9 heteroatoms. The molecule has 2 aromatic heterocycles. The van der Waals surface area contributed by atoms with Gasteiger partial charge in [-0.2, -0.15) is 0 Å². The van der Waals surface area contributed by atoms with Crippen LogP contribution in [0.25, 0.3) is 22.2 Å². The minimum Gasteiger partial charge on any atom is -0.381 e. The number of methoxy groups -OCH3 is 1. The van der Waals surface area contributed by atoms with Crippen LogP contribution in [0.1, 0.15) is 12.8 Å². The summed E-state index contributed by atoms with van der Waals surface area (Å²) in [5, 5.41) is 11.8. The summed E-state index contributed by atoms with van der Waals surface area (Å²) in [5.74, 6) is 0.195. The molecule has 0 saturated carbocycles. The lowest BCUT2D eigenvalue weighted by Crippen LogP contribution is -2.41. The van der Waals surface area contributed by atoms with Crippen molar-refractivity contribution in [2.45, 2.75) is 18.9 Å². The monoisotopic (exact) mass is 381 g/mol. The molecule has 146 valence electrons. The Morgan fingerprint density at radius 1 is 1.32 bits per heavy atom. The van der Waals surface area contributed by atoms with Crippen molar-refractivity contribution in [3.63, 3.8) is 0 Å². The Balaban J connectivity index is 1.44. The van der Waals surface area contributed by atoms with Crippen LogP contribution in [0.4, 0.5) is 5.95 Å². The number of nitrogens with zero attached hydrogens (tertiary/aromatic N) is 6. The number of aryl methyl sites for hydroxylation is 1. The van der Waals surface area contributed by atoms with Crippen LogP contribution < -0.4 is 5.32 Å². The number of anilines is 1. The number of fused-ring (bicyclic) bond motifs is 1. The molecule has 0 bridgehead atoms. The highest BCUT2D eigenvalue weighted by molar-refractivity contribution is 5.92. The number of carbonyl (C=O) groups excluding carboxylic acids is 1. The van der Waals surface area contributed by atoms with Gasteiger partial charge in [0, 0.05) is 44.4 Å². The van der Waals surface area contributed by atoms with Gasteiger partial charge in [0.25, 0.3) is 0 Å². The highest BCUT2D eigenvalue weighted by Crippen LogP contribution is 2.22. The van der Waals surface area contributed by atoms with Gasteiger partial charge in [-0.1, -0.05) is 17.3 Å². The second kappa shape index (κ2) is 7.99. The Morgan fingerprint density at radius 2 is 2.14 bits per heavy atom. The SMILES string of the molecule is COC1CCN(CC(=O)Nc2ncc3ccc(-c4cn(C)nn4)cc3n2)CC1. The highest BCUT2D eigenvalue weighted by atomic mass is 16.5. The van der Waals surface area contributed by atoms with E-state index in [1.54, 1.807) is 18.0 Å². The number of rotatable bonds is 5. The molecule has 3 heterocycles. The first-order valence-electron chi connectivity index (χ1n) is 9.29. The van der Waals surface area contributed by atoms with E-state index in [1.807, 2.05) is 31.4 Å². The maximum absolute atomic E-state index is 12.4. The first kappa shape index (κ1) is 18.5. The predicted octanol–water partition coefficient (Wildman–Crippen LogP) is 1.47. The second-order valence-corrected chi connectivity index (χ2v) is 7.00. The van der Waals surface area contributed by atoms with Gasteiger partial charge in [0.2, 0.25) is 11.9 Å². The molecule has 1 aliphatic rings. The Kier molecular flexibility index (Phi) is 5.27. The van der Waals surface area contributed by atoms with E-state index in [1.165, 1.54) is 0 Å². The molecule has 0 unspecified atom stereocenters. The number of hydrogen-bond donors (Lipinski definition) is 1. The van der Waals surface area contributed by atoms with Gasteiger partial charge in [0.15, 0.2) is 0 Å². The van der Waals surface area contributed by atoms with Gasteiger partial charge in [-0.3, -0.25) is 19.7 Å². The van der Waals surface area contributed by atoms with Crippen LogP contribution in [0.5, 0.6) is 0 Å². The van der Waals surface area contributed by atoms with Crippen molar-refractivity contribution in [1.82, 2.24) is 29.9 Å². The van der Waals surface area contributed by atoms with Gasteiger partial charge in [-0.05, 0) is 18.9 Å². The number of nitrogens with one attached hydrogen (secondary N) is 1. The zero-order valence-corrected chi connectivity index (χ0v) is 16.0. The molecule has 9 nitrogen and oxygen atoms in total. The summed E-state index contributed by atoms with van der Waals surface area (Å²) < 4.78 is 7.02. The van der Waals surface area contributed by atoms with Crippen molar-refractivity contribution in [3.8, 4) is 11.3 Å². The van der Waals surface area contributed by atoms with Gasteiger partial charge in [-0.25, -0.2) is 9.97 Å². The van der Waals surface area contributed by atoms with Gasteiger partial charge in [0.1, 0.15) is 5.69 Å². The molecule has 1 N–H and O–H groups in total. The van der Waals surface area contributed by atoms with E-state index < -0.39 is 0 Å². The summed E-state index contributed by atoms with van der Waals surface area (Å²) in [6.07, 6.45) is 5.75. The minimum absolute atomic E-state index is 0.111. The molecule has 0 aliphatic carbocycles. The Labute approximate surface area is 162 Å². The molecule has 1 aromatic carbocycles. The number of amides is 1. The van der Waals surface area contributed by atoms with Gasteiger partial charge in [0.05, 0.1) is 24.4 Å². The van der Waals surface area contributed by atoms with E-state index in [0.717, 1.165) is 48.1 Å². The summed E-state index contributed by atoms with van der Waals surface area (Å²) in [4.78, 5) is 23.2. The summed E-state index contributed by atoms with van der Waals surface area (Å²) in [6, 6.07) is 5.81. The zero-order chi connectivity index (χ0) is 19.5. The topological polar surface area (TPSA) is 98.1 Å². The first-order chi connectivity index (χ1) is 13.6. The standard InChI is InChI=1S/C19H23N7O2/c1-25-11-17(23-24-25)13-3-4-14-10-20-19(21-16(14)9-13)22-18(27)12-26-7-5-15(28-2)6-8-26/h3-4,9-11,15H,5-8,12H2,1-2H3,(H,20,21,22,27). The van der Waals surface area contributed by atoms with E-state index in [4.69, 9.17) is 4.74 Å². The summed E-state index contributed by atoms with van der Waals surface area (Å²) >= 11 is 0. The number of aromatic nitrogens is 5. The third kappa shape index (κ3) is 4.15. The third-order valence-electron chi connectivity index (χ3n) is 4.97. The van der Waals surface area contributed by atoms with Crippen molar-refractivity contribution in [2.75, 3.05) is 32.1 Å². The van der Waals surface area contributed by atoms with Crippen LogP contribution in [0.2, 0.25) is 0 Å². The first-order valence-corrected chi connectivity index (χ1v) is 9.29. The Bertz CT molecular complexity index is 979. The third-order valence-corrected chi connectivity index (χ3v) is 4.97. The number of benzene rings is 1. The molecular formula is C19H23N7O2. The largest absolute Gasteiger partial charge is 0.381 e. The van der Waals surface area contributed by atoms with E-state index >= 15 is 0 Å². The van der Waals surface area contributed by atoms with Crippen molar-refractivity contribution in [3.05, 3.63) is 30.6 Å². The Morgan fingerprint density at radius 3 is 2.86 bits per heavy atom. The average molecular weight is 381 g/mol. The van der Waals surface area contributed by atoms with Crippen molar-refractivity contribution in [2.24, 2.45) is 7.05 Å². The lowest BCUT2D eigenvalue weighted by atomic mass is 10.1. The predicted molar refractivity (Wildman–Crippen MR) is 105 cm³/mol. The number of hydrogen-bond acceptors (Lipinski definition) is 7. The van der Waals surface area contributed by atoms with Crippen molar-refractivity contribution < 1.29 is 9.53 Å². The molecule has 0 atom stereocenters. The lowest BCUT2D eigenvalue weighted by molar-refractivity contribution is -0.118. The number of ether oxygens (including phenoxy) is 1. The quantitative estimate of drug-likeness (QED) is 0.715. The van der Waals surface area contributed by atoms with E-state index in [-0.39, 0.29) is 5.91 Å². The van der Waals surface area contributed by atoms with Crippen LogP contribution in [0.15, 0.2) is 30.6 Å². The molecule has 0 radical (unpaired) electrons. The van der Waals surface area contributed by atoms with Crippen LogP contribution in [-0.2, 0) is 16.6 Å². The molecular weight excluding hydrogens is 358 g/mol. The zero-order valence-electron chi connectivity index (χ0n) is 16.0. The van der Waals surface area contributed by atoms with Crippen molar-refractivity contribution in [1.29, 1.82) is 0 Å². The van der Waals surface area contributed by atoms with Gasteiger partial charge >= 0.3 is 0 Å². The molecule has 28 heavy (non-hydrogen) atoms. The molecule has 1 fully saturated rings. The molecule has 1 saturated heterocycles. The molecule has 3 aromatic rings. The second-order valence-electron chi connectivity index (χ2n) is 7.00. The van der Waals surface area contributed by atoms with Gasteiger partial charge in [-0.15, -0.1) is 5.10 Å². The van der Waals surface area contributed by atoms with Crippen LogP contribution >= 0.6 is 0 Å². The lowest BCUT2D eigenvalue weighted by Gasteiger charge is -2.30. The van der Waals surface area contributed by atoms with Crippen molar-refractivity contribution >= 4 is 22.8 Å². The fourth-order valence-corrected chi connectivity index (χ4v) is 3.39. The molecule has 1 aliphatic heterocycles. The van der Waals surface area contributed by atoms with E-state index in [2.05, 4.69) is 30.5 Å². The molecule has 0 spiro atoms. The fraction of sp³-hybridized carbons (Fsp3) is 0.421. The number of carbonyl (C=O) groups is 1. The van der Waals surface area contributed by atoms with E-state index in [0.29, 0.717) is 18.6 Å². The average Bonchev–Trinajstić information content (AvgIpc) is 3.14. The van der Waals surface area contributed by atoms with Crippen LogP contribution in [0, 0.1) is 0 Å². The van der Waals surface area contributed by atoms with Crippen LogP contribution in [-0.4, -0.2) is 68.6 Å². The summed E-state index contributed by atoms with van der Waals surface area (Å²) in [6.45, 7) is 2.04. The minimum atomic E-state index is -0.111. The number of piperidine rings is 1. The van der Waals surface area contributed by atoms with Gasteiger partial charge < -0.3 is 4.74 Å². The normalized spacial score (nSPS) is 15.8. The van der Waals surface area contributed by atoms with E-state index in [9.17, 15) is 4.79 Å². The molecule has 4 rings (SSSR count). The number of likely N-dealkylation sites (tertiary alicyclic amines) is 1. The summed E-state index contributed by atoms with van der Waals surface area (Å²) in [7, 11) is 3.56. The maximum atomic E-state index is 12.4. The highest BCUT2D eigenvalue weighted by Gasteiger charge is 2.20. The molecule has 1 amide bonds. The maximum Gasteiger partial charge on any atom is 0.240 e.